The van der Waals surface area contributed by atoms with Crippen LogP contribution in [-0.4, -0.2) is 37.9 Å². The van der Waals surface area contributed by atoms with Crippen LogP contribution < -0.4 is 4.72 Å². The number of carboxylic acid groups (broad SMARTS) is 1. The van der Waals surface area contributed by atoms with Crippen molar-refractivity contribution in [2.45, 2.75) is 6.18 Å². The first-order valence-corrected chi connectivity index (χ1v) is 6.53. The largest absolute Gasteiger partial charge is 0.478 e. The van der Waals surface area contributed by atoms with Crippen LogP contribution in [-0.2, 0) is 16.4 Å². The van der Waals surface area contributed by atoms with Crippen LogP contribution in [0.1, 0.15) is 15.9 Å². The van der Waals surface area contributed by atoms with Crippen molar-refractivity contribution in [3.63, 3.8) is 0 Å². The lowest BCUT2D eigenvalue weighted by atomic mass is 10.1. The van der Waals surface area contributed by atoms with E-state index in [9.17, 15) is 26.4 Å². The molecule has 0 aromatic heterocycles. The maximum atomic E-state index is 12.6. The van der Waals surface area contributed by atoms with Crippen molar-refractivity contribution in [3.8, 4) is 0 Å². The second kappa shape index (κ2) is 5.29. The number of hydrogen-bond donors (Lipinski definition) is 2. The number of alkyl halides is 3. The fraction of sp³-hybridized carbons (Fsp3) is 0.300. The molecule has 2 N–H and O–H groups in total. The molecule has 0 saturated heterocycles. The zero-order valence-corrected chi connectivity index (χ0v) is 11.2. The Bertz CT molecular complexity index is 626. The zero-order chi connectivity index (χ0) is 15.7. The van der Waals surface area contributed by atoms with Crippen molar-refractivity contribution >= 4 is 21.9 Å². The number of aromatic carboxylic acids is 1. The fourth-order valence-electron chi connectivity index (χ4n) is 1.21. The third-order valence-corrected chi connectivity index (χ3v) is 3.69. The van der Waals surface area contributed by atoms with Gasteiger partial charge in [0.1, 0.15) is 0 Å². The number of rotatable bonds is 4. The number of nitrogens with zero attached hydrogens (tertiary/aromatic N) is 1. The van der Waals surface area contributed by atoms with E-state index in [1.165, 1.54) is 14.1 Å². The van der Waals surface area contributed by atoms with Gasteiger partial charge in [0.25, 0.3) is 0 Å². The predicted octanol–water partition coefficient (Wildman–Crippen LogP) is 1.62. The summed E-state index contributed by atoms with van der Waals surface area (Å²) in [5.41, 5.74) is -2.41. The molecule has 0 atom stereocenters. The smallest absolute Gasteiger partial charge is 0.416 e. The highest BCUT2D eigenvalue weighted by molar-refractivity contribution is 7.90. The summed E-state index contributed by atoms with van der Waals surface area (Å²) in [6, 6.07) is 1.75. The summed E-state index contributed by atoms with van der Waals surface area (Å²) in [5, 5.41) is 8.75. The molecule has 1 aromatic carbocycles. The van der Waals surface area contributed by atoms with Crippen molar-refractivity contribution in [1.82, 2.24) is 4.31 Å². The summed E-state index contributed by atoms with van der Waals surface area (Å²) in [6.07, 6.45) is -4.79. The topological polar surface area (TPSA) is 86.7 Å². The van der Waals surface area contributed by atoms with Crippen LogP contribution in [0.25, 0.3) is 0 Å². The molecule has 0 saturated carbocycles. The maximum absolute atomic E-state index is 12.6. The lowest BCUT2D eigenvalue weighted by Crippen LogP contribution is -2.29. The standard InChI is InChI=1S/C10H11F3N2O4S/c1-15(2)20(18,19)14-8-4-6(9(16)17)3-7(5-8)10(11,12)13/h3-5,14H,1-2H3,(H,16,17). The summed E-state index contributed by atoms with van der Waals surface area (Å²) in [5.74, 6) is -1.60. The van der Waals surface area contributed by atoms with E-state index in [1.54, 1.807) is 0 Å². The maximum Gasteiger partial charge on any atom is 0.416 e. The molecule has 0 aliphatic rings. The van der Waals surface area contributed by atoms with Gasteiger partial charge in [-0.3, -0.25) is 4.72 Å². The lowest BCUT2D eigenvalue weighted by Gasteiger charge is -2.15. The Morgan fingerprint density at radius 2 is 1.80 bits per heavy atom. The average Bonchev–Trinajstić information content (AvgIpc) is 2.26. The number of carboxylic acids is 1. The van der Waals surface area contributed by atoms with Crippen LogP contribution in [0.5, 0.6) is 0 Å². The number of hydrogen-bond acceptors (Lipinski definition) is 3. The van der Waals surface area contributed by atoms with Gasteiger partial charge in [-0.1, -0.05) is 0 Å². The summed E-state index contributed by atoms with van der Waals surface area (Å²) in [4.78, 5) is 10.8. The van der Waals surface area contributed by atoms with Crippen LogP contribution in [0.3, 0.4) is 0 Å². The zero-order valence-electron chi connectivity index (χ0n) is 10.4. The first-order valence-electron chi connectivity index (χ1n) is 5.09. The Hall–Kier alpha value is -1.81. The second-order valence-electron chi connectivity index (χ2n) is 3.99. The Morgan fingerprint density at radius 1 is 1.25 bits per heavy atom. The molecule has 0 heterocycles. The summed E-state index contributed by atoms with van der Waals surface area (Å²) in [6.45, 7) is 0. The van der Waals surface area contributed by atoms with Crippen LogP contribution >= 0.6 is 0 Å². The molecule has 0 aliphatic carbocycles. The normalized spacial score (nSPS) is 12.5. The van der Waals surface area contributed by atoms with E-state index in [0.29, 0.717) is 12.1 Å². The second-order valence-corrected chi connectivity index (χ2v) is 5.88. The van der Waals surface area contributed by atoms with Crippen LogP contribution in [0, 0.1) is 0 Å². The Morgan fingerprint density at radius 3 is 2.20 bits per heavy atom. The molecule has 0 spiro atoms. The SMILES string of the molecule is CN(C)S(=O)(=O)Nc1cc(C(=O)O)cc(C(F)(F)F)c1. The fourth-order valence-corrected chi connectivity index (χ4v) is 1.81. The van der Waals surface area contributed by atoms with Gasteiger partial charge in [0.05, 0.1) is 16.8 Å². The highest BCUT2D eigenvalue weighted by atomic mass is 32.2. The van der Waals surface area contributed by atoms with Crippen LogP contribution in [0.2, 0.25) is 0 Å². The van der Waals surface area contributed by atoms with Gasteiger partial charge < -0.3 is 5.11 Å². The third kappa shape index (κ3) is 3.84. The molecule has 1 rings (SSSR count). The number of halogens is 3. The van der Waals surface area contributed by atoms with Gasteiger partial charge in [0.2, 0.25) is 0 Å². The van der Waals surface area contributed by atoms with Crippen molar-refractivity contribution in [1.29, 1.82) is 0 Å². The Kier molecular flexibility index (Phi) is 4.30. The van der Waals surface area contributed by atoms with E-state index < -0.39 is 39.2 Å². The number of nitrogens with one attached hydrogen (secondary N) is 1. The van der Waals surface area contributed by atoms with E-state index >= 15 is 0 Å². The molecule has 1 aromatic rings. The van der Waals surface area contributed by atoms with Crippen LogP contribution in [0.15, 0.2) is 18.2 Å². The quantitative estimate of drug-likeness (QED) is 0.884. The van der Waals surface area contributed by atoms with Crippen LogP contribution in [0.4, 0.5) is 18.9 Å². The minimum absolute atomic E-state index is 0.426. The van der Waals surface area contributed by atoms with E-state index in [-0.39, 0.29) is 0 Å². The first-order chi connectivity index (χ1) is 8.93. The predicted molar refractivity (Wildman–Crippen MR) is 64.6 cm³/mol. The third-order valence-electron chi connectivity index (χ3n) is 2.23. The lowest BCUT2D eigenvalue weighted by molar-refractivity contribution is -0.137. The molecule has 112 valence electrons. The summed E-state index contributed by atoms with van der Waals surface area (Å²) in [7, 11) is -1.68. The summed E-state index contributed by atoms with van der Waals surface area (Å²) < 4.78 is 63.5. The van der Waals surface area contributed by atoms with Gasteiger partial charge in [0, 0.05) is 14.1 Å². The number of anilines is 1. The average molecular weight is 312 g/mol. The summed E-state index contributed by atoms with van der Waals surface area (Å²) >= 11 is 0. The molecule has 0 aliphatic heterocycles. The molecular formula is C10H11F3N2O4S. The molecule has 20 heavy (non-hydrogen) atoms. The number of benzene rings is 1. The van der Waals surface area contributed by atoms with Gasteiger partial charge in [-0.25, -0.2) is 4.79 Å². The van der Waals surface area contributed by atoms with Gasteiger partial charge in [-0.15, -0.1) is 0 Å². The Balaban J connectivity index is 3.34. The monoisotopic (exact) mass is 312 g/mol. The van der Waals surface area contributed by atoms with Crippen molar-refractivity contribution in [3.05, 3.63) is 29.3 Å². The van der Waals surface area contributed by atoms with Gasteiger partial charge in [-0.05, 0) is 18.2 Å². The number of carbonyl (C=O) groups is 1. The highest BCUT2D eigenvalue weighted by Crippen LogP contribution is 2.32. The van der Waals surface area contributed by atoms with Crippen molar-refractivity contribution < 1.29 is 31.5 Å². The Labute approximate surface area is 113 Å². The van der Waals surface area contributed by atoms with Crippen molar-refractivity contribution in [2.24, 2.45) is 0 Å². The molecule has 0 amide bonds. The van der Waals surface area contributed by atoms with Gasteiger partial charge >= 0.3 is 22.4 Å². The van der Waals surface area contributed by atoms with E-state index in [2.05, 4.69) is 0 Å². The van der Waals surface area contributed by atoms with Gasteiger partial charge in [-0.2, -0.15) is 25.9 Å². The minimum atomic E-state index is -4.79. The molecular weight excluding hydrogens is 301 g/mol. The van der Waals surface area contributed by atoms with E-state index in [1.807, 2.05) is 4.72 Å². The molecule has 0 bridgehead atoms. The molecule has 6 nitrogen and oxygen atoms in total. The minimum Gasteiger partial charge on any atom is -0.478 e. The highest BCUT2D eigenvalue weighted by Gasteiger charge is 2.32. The van der Waals surface area contributed by atoms with Gasteiger partial charge in [0.15, 0.2) is 0 Å². The molecule has 10 heteroatoms. The van der Waals surface area contributed by atoms with E-state index in [4.69, 9.17) is 5.11 Å². The van der Waals surface area contributed by atoms with Crippen molar-refractivity contribution in [2.75, 3.05) is 18.8 Å². The molecule has 0 unspecified atom stereocenters. The first kappa shape index (κ1) is 16.2. The molecule has 0 radical (unpaired) electrons. The van der Waals surface area contributed by atoms with E-state index in [0.717, 1.165) is 10.4 Å². The molecule has 0 fully saturated rings.